The van der Waals surface area contributed by atoms with Gasteiger partial charge in [0.05, 0.1) is 16.8 Å². The fourth-order valence-electron chi connectivity index (χ4n) is 5.38. The van der Waals surface area contributed by atoms with Crippen molar-refractivity contribution in [1.29, 1.82) is 0 Å². The van der Waals surface area contributed by atoms with Crippen molar-refractivity contribution in [1.82, 2.24) is 10.6 Å². The maximum Gasteiger partial charge on any atom is 0.319 e. The Hall–Kier alpha value is -4.25. The quantitative estimate of drug-likeness (QED) is 0.0733. The first kappa shape index (κ1) is 38.6. The third kappa shape index (κ3) is 12.6. The van der Waals surface area contributed by atoms with Crippen molar-refractivity contribution >= 4 is 48.8 Å². The molecular formula is C34H48N6O8S2. The summed E-state index contributed by atoms with van der Waals surface area (Å²) in [6.07, 6.45) is 6.08. The first-order chi connectivity index (χ1) is 23.8. The highest BCUT2D eigenvalue weighted by Gasteiger charge is 2.21. The number of hydrogen-bond acceptors (Lipinski definition) is 10. The van der Waals surface area contributed by atoms with E-state index in [1.54, 1.807) is 24.3 Å². The van der Waals surface area contributed by atoms with E-state index in [9.17, 15) is 31.8 Å². The number of ether oxygens (including phenoxy) is 1. The van der Waals surface area contributed by atoms with Crippen LogP contribution < -0.4 is 35.0 Å². The number of amides is 2. The zero-order valence-electron chi connectivity index (χ0n) is 28.4. The molecule has 3 aromatic carbocycles. The minimum atomic E-state index is -3.83. The first-order valence-electron chi connectivity index (χ1n) is 16.7. The van der Waals surface area contributed by atoms with Gasteiger partial charge in [0, 0.05) is 55.3 Å². The molecule has 2 amide bonds. The molecule has 4 rings (SSSR count). The van der Waals surface area contributed by atoms with Gasteiger partial charge in [0.25, 0.3) is 10.0 Å². The number of hydrogen-bond donors (Lipinski definition) is 7. The van der Waals surface area contributed by atoms with Crippen LogP contribution >= 0.6 is 0 Å². The molecule has 3 aromatic rings. The average molecular weight is 733 g/mol. The summed E-state index contributed by atoms with van der Waals surface area (Å²) in [5.41, 5.74) is 1.89. The van der Waals surface area contributed by atoms with E-state index in [-0.39, 0.29) is 35.0 Å². The van der Waals surface area contributed by atoms with Crippen molar-refractivity contribution in [2.75, 3.05) is 58.7 Å². The van der Waals surface area contributed by atoms with Gasteiger partial charge in [-0.2, -0.15) is 0 Å². The zero-order chi connectivity index (χ0) is 36.1. The molecule has 7 N–H and O–H groups in total. The Balaban J connectivity index is 1.17. The van der Waals surface area contributed by atoms with Gasteiger partial charge in [0.2, 0.25) is 10.0 Å². The summed E-state index contributed by atoms with van der Waals surface area (Å²) in [4.78, 5) is 14.4. The largest absolute Gasteiger partial charge is 0.506 e. The van der Waals surface area contributed by atoms with E-state index in [2.05, 4.69) is 37.2 Å². The van der Waals surface area contributed by atoms with Crippen molar-refractivity contribution in [3.63, 3.8) is 0 Å². The monoisotopic (exact) mass is 732 g/mol. The molecule has 0 aromatic heterocycles. The van der Waals surface area contributed by atoms with Gasteiger partial charge in [-0.3, -0.25) is 9.44 Å². The molecule has 0 radical (unpaired) electrons. The molecule has 1 atom stereocenters. The van der Waals surface area contributed by atoms with Crippen molar-refractivity contribution in [2.45, 2.75) is 62.5 Å². The predicted molar refractivity (Wildman–Crippen MR) is 196 cm³/mol. The lowest BCUT2D eigenvalue weighted by atomic mass is 10.0. The maximum absolute atomic E-state index is 13.0. The molecular weight excluding hydrogens is 685 g/mol. The number of aromatic hydroxyl groups is 1. The Bertz CT molecular complexity index is 1750. The normalized spacial score (nSPS) is 14.5. The standard InChI is InChI=1S/C34H48N6O8S2/c1-3-4-5-6-19-35-34(43)37-26-9-14-31(15-10-26)50(46,47)38-27-7-11-28(12-8-27)40-20-17-25(18-21-40)36-23-29(41)24-48-30-13-16-33(42)32(22-30)39-49(2,44)45/h7-16,22,25,29,36,38-39,41-42H,3-6,17-21,23-24H2,1-2H3,(H2,35,37,43)/t29-/m0/s1. The number of carbonyl (C=O) groups is 1. The lowest BCUT2D eigenvalue weighted by molar-refractivity contribution is 0.102. The average Bonchev–Trinajstić information content (AvgIpc) is 3.07. The lowest BCUT2D eigenvalue weighted by Gasteiger charge is -2.34. The second kappa shape index (κ2) is 18.1. The van der Waals surface area contributed by atoms with Crippen LogP contribution in [-0.4, -0.2) is 84.3 Å². The van der Waals surface area contributed by atoms with Crippen LogP contribution in [0.15, 0.2) is 71.6 Å². The molecule has 50 heavy (non-hydrogen) atoms. The van der Waals surface area contributed by atoms with Crippen molar-refractivity contribution in [3.8, 4) is 11.5 Å². The molecule has 274 valence electrons. The van der Waals surface area contributed by atoms with Gasteiger partial charge in [-0.1, -0.05) is 26.2 Å². The Morgan fingerprint density at radius 3 is 2.26 bits per heavy atom. The van der Waals surface area contributed by atoms with Crippen LogP contribution in [0.2, 0.25) is 0 Å². The molecule has 14 nitrogen and oxygen atoms in total. The summed E-state index contributed by atoms with van der Waals surface area (Å²) in [5, 5.41) is 29.2. The second-order valence-electron chi connectivity index (χ2n) is 12.3. The smallest absolute Gasteiger partial charge is 0.319 e. The van der Waals surface area contributed by atoms with Crippen LogP contribution in [0, 0.1) is 0 Å². The van der Waals surface area contributed by atoms with E-state index in [1.807, 2.05) is 12.1 Å². The number of unbranched alkanes of at least 4 members (excludes halogenated alkanes) is 3. The highest BCUT2D eigenvalue weighted by Crippen LogP contribution is 2.29. The van der Waals surface area contributed by atoms with Gasteiger partial charge >= 0.3 is 6.03 Å². The number of aliphatic hydroxyl groups is 1. The number of anilines is 4. The van der Waals surface area contributed by atoms with E-state index < -0.39 is 26.2 Å². The molecule has 1 aliphatic rings. The summed E-state index contributed by atoms with van der Waals surface area (Å²) < 4.78 is 59.4. The maximum atomic E-state index is 13.0. The highest BCUT2D eigenvalue weighted by molar-refractivity contribution is 7.92. The molecule has 0 aliphatic carbocycles. The number of piperidine rings is 1. The topological polar surface area (TPSA) is 198 Å². The van der Waals surface area contributed by atoms with Crippen molar-refractivity contribution in [2.24, 2.45) is 0 Å². The Kier molecular flexibility index (Phi) is 14.0. The number of nitrogens with one attached hydrogen (secondary N) is 5. The van der Waals surface area contributed by atoms with Crippen LogP contribution in [0.1, 0.15) is 45.4 Å². The van der Waals surface area contributed by atoms with E-state index in [1.165, 1.54) is 30.3 Å². The number of carbonyl (C=O) groups excluding carboxylic acids is 1. The number of urea groups is 1. The molecule has 0 saturated carbocycles. The predicted octanol–water partition coefficient (Wildman–Crippen LogP) is 4.26. The number of aliphatic hydroxyl groups excluding tert-OH is 1. The Morgan fingerprint density at radius 2 is 1.60 bits per heavy atom. The number of phenols is 1. The van der Waals surface area contributed by atoms with E-state index >= 15 is 0 Å². The van der Waals surface area contributed by atoms with Crippen molar-refractivity contribution < 1.29 is 36.6 Å². The van der Waals surface area contributed by atoms with E-state index in [0.717, 1.165) is 63.6 Å². The summed E-state index contributed by atoms with van der Waals surface area (Å²) in [6, 6.07) is 17.2. The van der Waals surface area contributed by atoms with Crippen LogP contribution in [0.25, 0.3) is 0 Å². The fraction of sp³-hybridized carbons (Fsp3) is 0.441. The molecule has 1 heterocycles. The molecule has 0 bridgehead atoms. The number of benzene rings is 3. The number of rotatable bonds is 18. The van der Waals surface area contributed by atoms with Gasteiger partial charge in [-0.15, -0.1) is 0 Å². The van der Waals surface area contributed by atoms with Crippen LogP contribution in [0.3, 0.4) is 0 Å². The molecule has 0 spiro atoms. The molecule has 1 fully saturated rings. The molecule has 1 saturated heterocycles. The summed E-state index contributed by atoms with van der Waals surface area (Å²) >= 11 is 0. The Labute approximate surface area is 294 Å². The number of nitrogens with zero attached hydrogens (tertiary/aromatic N) is 1. The van der Waals surface area contributed by atoms with Crippen LogP contribution in [0.4, 0.5) is 27.5 Å². The summed E-state index contributed by atoms with van der Waals surface area (Å²) in [6.45, 7) is 4.55. The highest BCUT2D eigenvalue weighted by atomic mass is 32.2. The SMILES string of the molecule is CCCCCCNC(=O)Nc1ccc(S(=O)(=O)Nc2ccc(N3CCC(NC[C@H](O)COc4ccc(O)c(NS(C)(=O)=O)c4)CC3)cc2)cc1. The molecule has 1 aliphatic heterocycles. The minimum absolute atomic E-state index is 0.00772. The van der Waals surface area contributed by atoms with Crippen LogP contribution in [-0.2, 0) is 20.0 Å². The minimum Gasteiger partial charge on any atom is -0.506 e. The summed E-state index contributed by atoms with van der Waals surface area (Å²) in [7, 11) is -7.41. The van der Waals surface area contributed by atoms with E-state index in [0.29, 0.717) is 30.2 Å². The molecule has 16 heteroatoms. The molecule has 0 unspecified atom stereocenters. The third-order valence-corrected chi connectivity index (χ3v) is 10.1. The number of sulfonamides is 2. The van der Waals surface area contributed by atoms with Gasteiger partial charge in [-0.05, 0) is 79.9 Å². The zero-order valence-corrected chi connectivity index (χ0v) is 30.0. The third-order valence-electron chi connectivity index (χ3n) is 8.07. The first-order valence-corrected chi connectivity index (χ1v) is 20.1. The van der Waals surface area contributed by atoms with Gasteiger partial charge in [0.1, 0.15) is 24.2 Å². The van der Waals surface area contributed by atoms with Gasteiger partial charge in [-0.25, -0.2) is 21.6 Å². The van der Waals surface area contributed by atoms with Gasteiger partial charge in [0.15, 0.2) is 0 Å². The Morgan fingerprint density at radius 1 is 0.920 bits per heavy atom. The second-order valence-corrected chi connectivity index (χ2v) is 15.7. The van der Waals surface area contributed by atoms with Crippen molar-refractivity contribution in [3.05, 3.63) is 66.7 Å². The van der Waals surface area contributed by atoms with E-state index in [4.69, 9.17) is 4.74 Å². The van der Waals surface area contributed by atoms with Crippen LogP contribution in [0.5, 0.6) is 11.5 Å². The lowest BCUT2D eigenvalue weighted by Crippen LogP contribution is -2.45. The summed E-state index contributed by atoms with van der Waals surface area (Å²) in [5.74, 6) is 0.0670. The van der Waals surface area contributed by atoms with Gasteiger partial charge < -0.3 is 35.8 Å². The fourth-order valence-corrected chi connectivity index (χ4v) is 7.00. The number of phenolic OH excluding ortho intramolecular Hbond substituents is 1.